The molecule has 1 aromatic heterocycles. The Morgan fingerprint density at radius 1 is 1.35 bits per heavy atom. The molecule has 0 saturated carbocycles. The fourth-order valence-electron chi connectivity index (χ4n) is 1.66. The van der Waals surface area contributed by atoms with E-state index in [0.29, 0.717) is 6.54 Å². The Morgan fingerprint density at radius 3 is 2.82 bits per heavy atom. The molecule has 0 fully saturated rings. The molecule has 0 amide bonds. The van der Waals surface area contributed by atoms with Crippen molar-refractivity contribution in [1.29, 1.82) is 0 Å². The molecule has 0 bridgehead atoms. The van der Waals surface area contributed by atoms with Crippen molar-refractivity contribution in [2.75, 3.05) is 12.9 Å². The van der Waals surface area contributed by atoms with Gasteiger partial charge in [0.2, 0.25) is 0 Å². The summed E-state index contributed by atoms with van der Waals surface area (Å²) in [5.41, 5.74) is 0.890. The van der Waals surface area contributed by atoms with Crippen LogP contribution in [0.4, 0.5) is 0 Å². The van der Waals surface area contributed by atoms with Crippen LogP contribution in [-0.4, -0.2) is 25.8 Å². The number of nitrogens with zero attached hydrogens (tertiary/aromatic N) is 1. The van der Waals surface area contributed by atoms with E-state index in [-0.39, 0.29) is 12.4 Å². The van der Waals surface area contributed by atoms with Gasteiger partial charge in [0.25, 0.3) is 10.1 Å². The van der Waals surface area contributed by atoms with Crippen molar-refractivity contribution in [1.82, 2.24) is 4.57 Å². The first-order chi connectivity index (χ1) is 7.96. The summed E-state index contributed by atoms with van der Waals surface area (Å²) in [4.78, 5) is 0. The first kappa shape index (κ1) is 11.9. The van der Waals surface area contributed by atoms with E-state index in [1.807, 2.05) is 10.6 Å². The Kier molecular flexibility index (Phi) is 3.08. The van der Waals surface area contributed by atoms with Crippen molar-refractivity contribution in [3.05, 3.63) is 30.5 Å². The average molecular weight is 241 g/mol. The van der Waals surface area contributed by atoms with E-state index >= 15 is 0 Å². The minimum Gasteiger partial charge on any atom is -0.345 e. The van der Waals surface area contributed by atoms with Gasteiger partial charge in [-0.3, -0.25) is 9.29 Å². The Labute approximate surface area is 99.4 Å². The topological polar surface area (TPSA) is 68.2 Å². The van der Waals surface area contributed by atoms with E-state index in [9.17, 15) is 13.5 Å². The van der Waals surface area contributed by atoms with Gasteiger partial charge in [-0.15, -0.1) is 0 Å². The second kappa shape index (κ2) is 4.38. The summed E-state index contributed by atoms with van der Waals surface area (Å²) in [6.07, 6.45) is 2.82. The lowest BCUT2D eigenvalue weighted by Crippen LogP contribution is -2.09. The SMILES string of the molecule is CS(=O)(=O)OCCn1ccc2cc([3O])ccc21. The molecule has 1 heterocycles. The van der Waals surface area contributed by atoms with Crippen molar-refractivity contribution in [2.45, 2.75) is 6.54 Å². The number of aromatic nitrogens is 1. The van der Waals surface area contributed by atoms with E-state index in [0.717, 1.165) is 17.2 Å². The molecule has 5 nitrogen and oxygen atoms in total. The molecule has 0 atom stereocenters. The normalized spacial score (nSPS) is 12.1. The van der Waals surface area contributed by atoms with Crippen LogP contribution in [0.25, 0.3) is 10.9 Å². The lowest BCUT2D eigenvalue weighted by atomic mass is 2.89. The van der Waals surface area contributed by atoms with Crippen LogP contribution in [0.2, 0.25) is 0 Å². The van der Waals surface area contributed by atoms with Crippen LogP contribution >= 0.6 is 0 Å². The lowest BCUT2D eigenvalue weighted by Gasteiger charge is -2.05. The van der Waals surface area contributed by atoms with Crippen LogP contribution in [0.1, 0.15) is 0 Å². The van der Waals surface area contributed by atoms with Gasteiger partial charge in [0.05, 0.1) is 12.9 Å². The van der Waals surface area contributed by atoms with Crippen LogP contribution in [0, 0.1) is 0 Å². The van der Waals surface area contributed by atoms with Crippen LogP contribution in [0.15, 0.2) is 30.5 Å². The number of rotatable bonds is 4. The summed E-state index contributed by atoms with van der Waals surface area (Å²) < 4.78 is 28.1. The van der Waals surface area contributed by atoms with Gasteiger partial charge in [0, 0.05) is 23.6 Å². The zero-order chi connectivity index (χ0) is 12.5. The molecule has 1 aromatic carbocycles. The van der Waals surface area contributed by atoms with Crippen molar-refractivity contribution in [3.8, 4) is 5.75 Å². The average Bonchev–Trinajstić information content (AvgIpc) is 2.59. The number of fused-ring (bicyclic) bond motifs is 1. The van der Waals surface area contributed by atoms with Gasteiger partial charge < -0.3 is 4.57 Å². The summed E-state index contributed by atoms with van der Waals surface area (Å²) >= 11 is 0. The third kappa shape index (κ3) is 2.98. The van der Waals surface area contributed by atoms with Gasteiger partial charge in [-0.2, -0.15) is 8.42 Å². The zero-order valence-corrected chi connectivity index (χ0v) is 10.1. The van der Waals surface area contributed by atoms with Crippen molar-refractivity contribution < 1.29 is 17.7 Å². The molecule has 0 unspecified atom stereocenters. The maximum Gasteiger partial charge on any atom is 0.264 e. The predicted octanol–water partition coefficient (Wildman–Crippen LogP) is 1.76. The predicted molar refractivity (Wildman–Crippen MR) is 62.9 cm³/mol. The summed E-state index contributed by atoms with van der Waals surface area (Å²) in [5.74, 6) is -0.0392. The third-order valence-corrected chi connectivity index (χ3v) is 2.97. The van der Waals surface area contributed by atoms with Crippen LogP contribution < -0.4 is 0 Å². The second-order valence-electron chi connectivity index (χ2n) is 3.76. The highest BCUT2D eigenvalue weighted by Crippen LogP contribution is 2.21. The molecule has 6 heteroatoms. The van der Waals surface area contributed by atoms with E-state index in [1.54, 1.807) is 18.3 Å². The highest BCUT2D eigenvalue weighted by atomic mass is 32.2. The molecule has 91 valence electrons. The highest BCUT2D eigenvalue weighted by Gasteiger charge is 2.05. The number of benzene rings is 1. The molecular formula is C11H12NO4S. The summed E-state index contributed by atoms with van der Waals surface area (Å²) in [7, 11) is -3.40. The molecule has 0 N–H and O–H groups in total. The van der Waals surface area contributed by atoms with Crippen molar-refractivity contribution in [3.63, 3.8) is 0 Å². The van der Waals surface area contributed by atoms with Gasteiger partial charge in [-0.1, -0.05) is 0 Å². The minimum absolute atomic E-state index is 0.0392. The van der Waals surface area contributed by atoms with Gasteiger partial charge in [0.1, 0.15) is 0 Å². The Morgan fingerprint density at radius 2 is 2.12 bits per heavy atom. The van der Waals surface area contributed by atoms with Gasteiger partial charge in [-0.25, -0.2) is 0 Å². The summed E-state index contributed by atoms with van der Waals surface area (Å²) in [6, 6.07) is 6.56. The lowest BCUT2D eigenvalue weighted by molar-refractivity contribution is 0.306. The fraction of sp³-hybridized carbons (Fsp3) is 0.273. The second-order valence-corrected chi connectivity index (χ2v) is 5.40. The number of hydrogen-bond acceptors (Lipinski definition) is 3. The summed E-state index contributed by atoms with van der Waals surface area (Å²) in [6.45, 7) is 0.510. The van der Waals surface area contributed by atoms with E-state index in [2.05, 4.69) is 4.18 Å². The van der Waals surface area contributed by atoms with Gasteiger partial charge >= 0.3 is 0 Å². The molecule has 0 aliphatic rings. The quantitative estimate of drug-likeness (QED) is 0.766. The first-order valence-corrected chi connectivity index (χ1v) is 6.88. The maximum atomic E-state index is 11.1. The Balaban J connectivity index is 2.14. The highest BCUT2D eigenvalue weighted by molar-refractivity contribution is 7.85. The van der Waals surface area contributed by atoms with Crippen LogP contribution in [0.5, 0.6) is 5.75 Å². The van der Waals surface area contributed by atoms with Gasteiger partial charge in [0.15, 0.2) is 5.75 Å². The fourth-order valence-corrected chi connectivity index (χ4v) is 2.04. The minimum atomic E-state index is -3.40. The molecule has 17 heavy (non-hydrogen) atoms. The molecule has 2 rings (SSSR count). The van der Waals surface area contributed by atoms with E-state index < -0.39 is 10.1 Å². The van der Waals surface area contributed by atoms with E-state index in [1.165, 1.54) is 6.07 Å². The molecule has 2 aromatic rings. The smallest absolute Gasteiger partial charge is 0.264 e. The molecule has 0 aliphatic carbocycles. The van der Waals surface area contributed by atoms with E-state index in [4.69, 9.17) is 0 Å². The van der Waals surface area contributed by atoms with Gasteiger partial charge in [-0.05, 0) is 24.3 Å². The molecule has 0 aliphatic heterocycles. The number of hydrogen-bond donors (Lipinski definition) is 0. The van der Waals surface area contributed by atoms with Crippen LogP contribution in [-0.2, 0) is 26.0 Å². The van der Waals surface area contributed by atoms with Crippen LogP contribution in [0.3, 0.4) is 0 Å². The third-order valence-electron chi connectivity index (χ3n) is 2.37. The maximum absolute atomic E-state index is 11.1. The molecule has 0 spiro atoms. The molecular weight excluding hydrogens is 229 g/mol. The zero-order valence-electron chi connectivity index (χ0n) is 9.29. The van der Waals surface area contributed by atoms with Crippen molar-refractivity contribution in [2.24, 2.45) is 0 Å². The van der Waals surface area contributed by atoms with Crippen molar-refractivity contribution >= 4 is 21.0 Å². The standard InChI is InChI=1S/C11H12NO4S/c1-17(14,15)16-7-6-12-5-4-9-8-10(13)2-3-11(9)12/h2-5,8H,6-7H2,1H3/i13-13. The molecule has 1 radical (unpaired) electrons. The monoisotopic (exact) mass is 241 g/mol. The largest absolute Gasteiger partial charge is 0.345 e. The molecule has 0 saturated heterocycles. The first-order valence-electron chi connectivity index (χ1n) is 5.06. The Bertz CT molecular complexity index is 630. The summed E-state index contributed by atoms with van der Waals surface area (Å²) in [5, 5.41) is 12.0. The Hall–Kier alpha value is -1.53.